The van der Waals surface area contributed by atoms with Crippen LogP contribution >= 0.6 is 0 Å². The van der Waals surface area contributed by atoms with Crippen molar-refractivity contribution >= 4 is 0 Å². The van der Waals surface area contributed by atoms with Crippen LogP contribution in [0.4, 0.5) is 4.39 Å². The van der Waals surface area contributed by atoms with E-state index >= 15 is 0 Å². The van der Waals surface area contributed by atoms with Gasteiger partial charge in [0.05, 0.1) is 6.61 Å². The number of benzene rings is 1. The number of methoxy groups -OCH3 is 1. The quantitative estimate of drug-likeness (QED) is 0.797. The summed E-state index contributed by atoms with van der Waals surface area (Å²) in [5.74, 6) is -0.241. The predicted octanol–water partition coefficient (Wildman–Crippen LogP) is 1.40. The molecule has 0 aromatic heterocycles. The van der Waals surface area contributed by atoms with Crippen molar-refractivity contribution in [1.29, 1.82) is 0 Å². The van der Waals surface area contributed by atoms with Crippen LogP contribution in [0.3, 0.4) is 0 Å². The van der Waals surface area contributed by atoms with E-state index in [0.717, 1.165) is 6.54 Å². The fraction of sp³-hybridized carbons (Fsp3) is 0.500. The van der Waals surface area contributed by atoms with E-state index in [-0.39, 0.29) is 11.9 Å². The van der Waals surface area contributed by atoms with E-state index in [0.29, 0.717) is 18.7 Å². The van der Waals surface area contributed by atoms with Gasteiger partial charge in [-0.15, -0.1) is 0 Å². The van der Waals surface area contributed by atoms with Gasteiger partial charge in [0.15, 0.2) is 0 Å². The van der Waals surface area contributed by atoms with Crippen molar-refractivity contribution in [3.05, 3.63) is 35.6 Å². The van der Waals surface area contributed by atoms with Crippen LogP contribution in [0.25, 0.3) is 0 Å². The summed E-state index contributed by atoms with van der Waals surface area (Å²) >= 11 is 0. The molecule has 0 heterocycles. The molecule has 0 amide bonds. The number of hydrogen-bond acceptors (Lipinski definition) is 3. The summed E-state index contributed by atoms with van der Waals surface area (Å²) in [4.78, 5) is 2.03. The fourth-order valence-corrected chi connectivity index (χ4v) is 1.55. The summed E-state index contributed by atoms with van der Waals surface area (Å²) in [7, 11) is 3.60. The van der Waals surface area contributed by atoms with Crippen LogP contribution in [0.15, 0.2) is 24.3 Å². The number of hydrogen-bond donors (Lipinski definition) is 1. The Balaban J connectivity index is 2.52. The molecule has 1 unspecified atom stereocenters. The van der Waals surface area contributed by atoms with Gasteiger partial charge >= 0.3 is 0 Å². The van der Waals surface area contributed by atoms with E-state index in [1.165, 1.54) is 6.07 Å². The molecule has 4 heteroatoms. The van der Waals surface area contributed by atoms with Gasteiger partial charge in [-0.05, 0) is 13.1 Å². The summed E-state index contributed by atoms with van der Waals surface area (Å²) in [6, 6.07) is 6.32. The smallest absolute Gasteiger partial charge is 0.128 e. The van der Waals surface area contributed by atoms with Gasteiger partial charge in [-0.2, -0.15) is 0 Å². The highest BCUT2D eigenvalue weighted by molar-refractivity contribution is 5.21. The molecule has 0 bridgehead atoms. The van der Waals surface area contributed by atoms with Gasteiger partial charge in [0.2, 0.25) is 0 Å². The lowest BCUT2D eigenvalue weighted by Crippen LogP contribution is -2.31. The molecule has 2 N–H and O–H groups in total. The second kappa shape index (κ2) is 6.58. The summed E-state index contributed by atoms with van der Waals surface area (Å²) in [6.07, 6.45) is 0. The number of nitrogens with two attached hydrogens (primary N) is 1. The fourth-order valence-electron chi connectivity index (χ4n) is 1.55. The van der Waals surface area contributed by atoms with Crippen LogP contribution in [0.2, 0.25) is 0 Å². The van der Waals surface area contributed by atoms with Gasteiger partial charge in [0.25, 0.3) is 0 Å². The Morgan fingerprint density at radius 2 is 2.12 bits per heavy atom. The van der Waals surface area contributed by atoms with Gasteiger partial charge in [0.1, 0.15) is 5.82 Å². The number of ether oxygens (including phenoxy) is 1. The molecule has 0 aliphatic rings. The summed E-state index contributed by atoms with van der Waals surface area (Å²) in [5, 5.41) is 0. The third-order valence-electron chi connectivity index (χ3n) is 2.49. The highest BCUT2D eigenvalue weighted by Gasteiger charge is 2.12. The van der Waals surface area contributed by atoms with Gasteiger partial charge < -0.3 is 15.4 Å². The average molecular weight is 226 g/mol. The lowest BCUT2D eigenvalue weighted by atomic mass is 10.1. The monoisotopic (exact) mass is 226 g/mol. The molecule has 0 fully saturated rings. The standard InChI is InChI=1S/C12H19FN2O/c1-15(7-8-16-2)9-12(14)10-5-3-4-6-11(10)13/h3-6,12H,7-9,14H2,1-2H3. The van der Waals surface area contributed by atoms with Crippen molar-refractivity contribution in [2.45, 2.75) is 6.04 Å². The second-order valence-electron chi connectivity index (χ2n) is 3.88. The number of halogens is 1. The highest BCUT2D eigenvalue weighted by Crippen LogP contribution is 2.14. The molecule has 0 radical (unpaired) electrons. The van der Waals surface area contributed by atoms with E-state index in [4.69, 9.17) is 10.5 Å². The van der Waals surface area contributed by atoms with E-state index < -0.39 is 0 Å². The normalized spacial score (nSPS) is 13.1. The molecule has 3 nitrogen and oxygen atoms in total. The Kier molecular flexibility index (Phi) is 5.38. The predicted molar refractivity (Wildman–Crippen MR) is 62.7 cm³/mol. The zero-order valence-corrected chi connectivity index (χ0v) is 9.82. The minimum absolute atomic E-state index is 0.241. The zero-order chi connectivity index (χ0) is 12.0. The third kappa shape index (κ3) is 3.89. The van der Waals surface area contributed by atoms with Crippen LogP contribution < -0.4 is 5.73 Å². The van der Waals surface area contributed by atoms with Gasteiger partial charge in [-0.1, -0.05) is 18.2 Å². The molecule has 1 aromatic carbocycles. The molecule has 90 valence electrons. The first-order chi connectivity index (χ1) is 7.65. The molecule has 0 aliphatic carbocycles. The topological polar surface area (TPSA) is 38.5 Å². The van der Waals surface area contributed by atoms with Crippen molar-refractivity contribution < 1.29 is 9.13 Å². The van der Waals surface area contributed by atoms with Crippen LogP contribution in [0.5, 0.6) is 0 Å². The molecule has 0 spiro atoms. The Morgan fingerprint density at radius 1 is 1.44 bits per heavy atom. The average Bonchev–Trinajstić information content (AvgIpc) is 2.26. The van der Waals surface area contributed by atoms with Gasteiger partial charge in [-0.3, -0.25) is 0 Å². The molecule has 1 rings (SSSR count). The van der Waals surface area contributed by atoms with Gasteiger partial charge in [-0.25, -0.2) is 4.39 Å². The van der Waals surface area contributed by atoms with Crippen molar-refractivity contribution in [3.63, 3.8) is 0 Å². The lowest BCUT2D eigenvalue weighted by molar-refractivity contribution is 0.158. The summed E-state index contributed by atoms with van der Waals surface area (Å²) in [5.41, 5.74) is 6.51. The van der Waals surface area contributed by atoms with Crippen molar-refractivity contribution in [2.24, 2.45) is 5.73 Å². The Morgan fingerprint density at radius 3 is 2.75 bits per heavy atom. The maximum atomic E-state index is 13.4. The minimum Gasteiger partial charge on any atom is -0.383 e. The second-order valence-corrected chi connectivity index (χ2v) is 3.88. The Bertz CT molecular complexity index is 320. The molecule has 1 aromatic rings. The van der Waals surface area contributed by atoms with E-state index in [1.807, 2.05) is 11.9 Å². The van der Waals surface area contributed by atoms with Crippen LogP contribution in [0, 0.1) is 5.82 Å². The van der Waals surface area contributed by atoms with E-state index in [1.54, 1.807) is 25.3 Å². The third-order valence-corrected chi connectivity index (χ3v) is 2.49. The zero-order valence-electron chi connectivity index (χ0n) is 9.82. The first-order valence-electron chi connectivity index (χ1n) is 5.32. The van der Waals surface area contributed by atoms with Gasteiger partial charge in [0, 0.05) is 31.8 Å². The van der Waals surface area contributed by atoms with Crippen molar-refractivity contribution in [1.82, 2.24) is 4.90 Å². The van der Waals surface area contributed by atoms with Crippen molar-refractivity contribution in [2.75, 3.05) is 33.9 Å². The van der Waals surface area contributed by atoms with E-state index in [2.05, 4.69) is 0 Å². The van der Waals surface area contributed by atoms with Crippen molar-refractivity contribution in [3.8, 4) is 0 Å². The molecule has 1 atom stereocenters. The Labute approximate surface area is 96.0 Å². The lowest BCUT2D eigenvalue weighted by Gasteiger charge is -2.21. The van der Waals surface area contributed by atoms with Crippen LogP contribution in [-0.2, 0) is 4.74 Å². The SMILES string of the molecule is COCCN(C)CC(N)c1ccccc1F. The first kappa shape index (κ1) is 13.1. The Hall–Kier alpha value is -0.970. The van der Waals surface area contributed by atoms with E-state index in [9.17, 15) is 4.39 Å². The first-order valence-corrected chi connectivity index (χ1v) is 5.32. The van der Waals surface area contributed by atoms with Crippen LogP contribution in [0.1, 0.15) is 11.6 Å². The largest absolute Gasteiger partial charge is 0.383 e. The molecule has 16 heavy (non-hydrogen) atoms. The maximum Gasteiger partial charge on any atom is 0.128 e. The van der Waals surface area contributed by atoms with Crippen LogP contribution in [-0.4, -0.2) is 38.8 Å². The molecular formula is C12H19FN2O. The number of nitrogens with zero attached hydrogens (tertiary/aromatic N) is 1. The summed E-state index contributed by atoms with van der Waals surface area (Å²) in [6.45, 7) is 2.06. The maximum absolute atomic E-state index is 13.4. The molecular weight excluding hydrogens is 207 g/mol. The summed E-state index contributed by atoms with van der Waals surface area (Å²) < 4.78 is 18.4. The minimum atomic E-state index is -0.303. The number of likely N-dealkylation sites (N-methyl/N-ethyl adjacent to an activating group) is 1. The molecule has 0 aliphatic heterocycles. The highest BCUT2D eigenvalue weighted by atomic mass is 19.1. The molecule has 0 saturated carbocycles. The number of rotatable bonds is 6. The molecule has 0 saturated heterocycles.